The molecule has 1 heterocycles. The van der Waals surface area contributed by atoms with E-state index in [1.165, 1.54) is 0 Å². The number of aliphatic hydroxyl groups excluding tert-OH is 1. The van der Waals surface area contributed by atoms with Crippen molar-refractivity contribution in [2.45, 2.75) is 26.3 Å². The van der Waals surface area contributed by atoms with Crippen molar-refractivity contribution in [3.63, 3.8) is 0 Å². The molecular weight excluding hydrogens is 238 g/mol. The zero-order valence-corrected chi connectivity index (χ0v) is 11.5. The molecule has 1 aromatic heterocycles. The van der Waals surface area contributed by atoms with Gasteiger partial charge in [-0.15, -0.1) is 0 Å². The molecule has 1 aromatic carbocycles. The van der Waals surface area contributed by atoms with E-state index in [0.29, 0.717) is 0 Å². The summed E-state index contributed by atoms with van der Waals surface area (Å²) in [6.07, 6.45) is 3.31. The monoisotopic (exact) mass is 257 g/mol. The average molecular weight is 257 g/mol. The van der Waals surface area contributed by atoms with Gasteiger partial charge in [-0.25, -0.2) is 0 Å². The Balaban J connectivity index is 2.39. The minimum atomic E-state index is -0.648. The van der Waals surface area contributed by atoms with Gasteiger partial charge in [-0.3, -0.25) is 9.97 Å². The van der Waals surface area contributed by atoms with Crippen LogP contribution in [0.2, 0.25) is 0 Å². The van der Waals surface area contributed by atoms with Gasteiger partial charge in [-0.1, -0.05) is 18.2 Å². The van der Waals surface area contributed by atoms with Crippen molar-refractivity contribution in [3.8, 4) is 0 Å². The van der Waals surface area contributed by atoms with Crippen molar-refractivity contribution >= 4 is 5.69 Å². The number of aryl methyl sites for hydroxylation is 2. The minimum Gasteiger partial charge on any atom is -0.394 e. The molecule has 0 spiro atoms. The zero-order chi connectivity index (χ0) is 13.9. The van der Waals surface area contributed by atoms with E-state index in [1.54, 1.807) is 12.4 Å². The van der Waals surface area contributed by atoms with Crippen molar-refractivity contribution < 1.29 is 5.11 Å². The van der Waals surface area contributed by atoms with E-state index in [0.717, 1.165) is 22.6 Å². The van der Waals surface area contributed by atoms with Crippen LogP contribution in [0.15, 0.2) is 36.7 Å². The zero-order valence-electron chi connectivity index (χ0n) is 11.5. The van der Waals surface area contributed by atoms with Gasteiger partial charge in [0.1, 0.15) is 5.54 Å². The predicted octanol–water partition coefficient (Wildman–Crippen LogP) is 2.41. The van der Waals surface area contributed by atoms with Crippen LogP contribution in [-0.2, 0) is 5.54 Å². The van der Waals surface area contributed by atoms with Crippen LogP contribution in [0.4, 0.5) is 5.69 Å². The summed E-state index contributed by atoms with van der Waals surface area (Å²) >= 11 is 0. The number of anilines is 1. The molecule has 0 aliphatic carbocycles. The first kappa shape index (κ1) is 13.5. The van der Waals surface area contributed by atoms with E-state index < -0.39 is 5.54 Å². The molecule has 0 aliphatic heterocycles. The highest BCUT2D eigenvalue weighted by atomic mass is 16.3. The van der Waals surface area contributed by atoms with Gasteiger partial charge < -0.3 is 10.4 Å². The van der Waals surface area contributed by atoms with Crippen LogP contribution in [-0.4, -0.2) is 21.7 Å². The van der Waals surface area contributed by atoms with Crippen LogP contribution >= 0.6 is 0 Å². The first-order valence-electron chi connectivity index (χ1n) is 6.29. The Morgan fingerprint density at radius 1 is 1.16 bits per heavy atom. The van der Waals surface area contributed by atoms with Gasteiger partial charge in [-0.05, 0) is 32.4 Å². The molecule has 0 saturated heterocycles. The fourth-order valence-electron chi connectivity index (χ4n) is 2.13. The third kappa shape index (κ3) is 2.74. The Hall–Kier alpha value is -1.94. The summed E-state index contributed by atoms with van der Waals surface area (Å²) in [5.41, 5.74) is 3.05. The van der Waals surface area contributed by atoms with E-state index in [2.05, 4.69) is 15.3 Å². The quantitative estimate of drug-likeness (QED) is 0.883. The molecule has 2 aromatic rings. The number of hydrogen-bond acceptors (Lipinski definition) is 4. The molecule has 1 atom stereocenters. The molecule has 0 radical (unpaired) electrons. The minimum absolute atomic E-state index is 0.0547. The molecule has 2 N–H and O–H groups in total. The smallest absolute Gasteiger partial charge is 0.102 e. The summed E-state index contributed by atoms with van der Waals surface area (Å²) in [5.74, 6) is 0. The fourth-order valence-corrected chi connectivity index (χ4v) is 2.13. The molecule has 19 heavy (non-hydrogen) atoms. The first-order valence-corrected chi connectivity index (χ1v) is 6.29. The fraction of sp³-hybridized carbons (Fsp3) is 0.333. The van der Waals surface area contributed by atoms with Crippen LogP contribution in [0.5, 0.6) is 0 Å². The van der Waals surface area contributed by atoms with Crippen molar-refractivity contribution in [1.29, 1.82) is 0 Å². The SMILES string of the molecule is Cc1ccccc1NC(C)(CO)c1nccnc1C. The molecule has 4 heteroatoms. The highest BCUT2D eigenvalue weighted by Gasteiger charge is 2.29. The lowest BCUT2D eigenvalue weighted by Crippen LogP contribution is -2.38. The van der Waals surface area contributed by atoms with Crippen LogP contribution in [0, 0.1) is 13.8 Å². The number of aromatic nitrogens is 2. The highest BCUT2D eigenvalue weighted by molar-refractivity contribution is 5.53. The lowest BCUT2D eigenvalue weighted by molar-refractivity contribution is 0.220. The summed E-state index contributed by atoms with van der Waals surface area (Å²) < 4.78 is 0. The summed E-state index contributed by atoms with van der Waals surface area (Å²) in [5, 5.41) is 13.2. The number of para-hydroxylation sites is 1. The van der Waals surface area contributed by atoms with Crippen LogP contribution in [0.3, 0.4) is 0 Å². The number of benzene rings is 1. The lowest BCUT2D eigenvalue weighted by atomic mass is 9.95. The van der Waals surface area contributed by atoms with Crippen molar-refractivity contribution in [3.05, 3.63) is 53.6 Å². The largest absolute Gasteiger partial charge is 0.394 e. The second kappa shape index (κ2) is 5.36. The number of aliphatic hydroxyl groups is 1. The van der Waals surface area contributed by atoms with Crippen LogP contribution < -0.4 is 5.32 Å². The summed E-state index contributed by atoms with van der Waals surface area (Å²) in [6.45, 7) is 5.80. The van der Waals surface area contributed by atoms with E-state index in [1.807, 2.05) is 45.0 Å². The third-order valence-electron chi connectivity index (χ3n) is 3.28. The lowest BCUT2D eigenvalue weighted by Gasteiger charge is -2.30. The van der Waals surface area contributed by atoms with Gasteiger partial charge in [0, 0.05) is 18.1 Å². The van der Waals surface area contributed by atoms with E-state index in [-0.39, 0.29) is 6.61 Å². The van der Waals surface area contributed by atoms with Gasteiger partial charge in [-0.2, -0.15) is 0 Å². The third-order valence-corrected chi connectivity index (χ3v) is 3.28. The summed E-state index contributed by atoms with van der Waals surface area (Å²) in [7, 11) is 0. The number of rotatable bonds is 4. The van der Waals surface area contributed by atoms with Gasteiger partial charge in [0.05, 0.1) is 18.0 Å². The summed E-state index contributed by atoms with van der Waals surface area (Å²) in [6, 6.07) is 7.99. The maximum atomic E-state index is 9.79. The number of hydrogen-bond donors (Lipinski definition) is 2. The molecular formula is C15H19N3O. The number of nitrogens with zero attached hydrogens (tertiary/aromatic N) is 2. The predicted molar refractivity (Wildman–Crippen MR) is 76.0 cm³/mol. The molecule has 0 saturated carbocycles. The Kier molecular flexibility index (Phi) is 3.81. The first-order chi connectivity index (χ1) is 9.07. The molecule has 0 aliphatic rings. The maximum absolute atomic E-state index is 9.79. The average Bonchev–Trinajstić information content (AvgIpc) is 2.42. The van der Waals surface area contributed by atoms with Crippen molar-refractivity contribution in [2.75, 3.05) is 11.9 Å². The normalized spacial score (nSPS) is 13.9. The molecule has 2 rings (SSSR count). The highest BCUT2D eigenvalue weighted by Crippen LogP contribution is 2.27. The van der Waals surface area contributed by atoms with E-state index >= 15 is 0 Å². The maximum Gasteiger partial charge on any atom is 0.102 e. The van der Waals surface area contributed by atoms with Crippen LogP contribution in [0.25, 0.3) is 0 Å². The van der Waals surface area contributed by atoms with Gasteiger partial charge in [0.15, 0.2) is 0 Å². The topological polar surface area (TPSA) is 58.0 Å². The Labute approximate surface area is 113 Å². The van der Waals surface area contributed by atoms with Crippen molar-refractivity contribution in [2.24, 2.45) is 0 Å². The van der Waals surface area contributed by atoms with Gasteiger partial charge in [0.2, 0.25) is 0 Å². The molecule has 0 bridgehead atoms. The number of nitrogens with one attached hydrogen (secondary N) is 1. The standard InChI is InChI=1S/C15H19N3O/c1-11-6-4-5-7-13(11)18-15(3,10-19)14-12(2)16-8-9-17-14/h4-9,18-19H,10H2,1-3H3. The van der Waals surface area contributed by atoms with E-state index in [4.69, 9.17) is 0 Å². The van der Waals surface area contributed by atoms with Gasteiger partial charge in [0.25, 0.3) is 0 Å². The van der Waals surface area contributed by atoms with E-state index in [9.17, 15) is 5.11 Å². The molecule has 100 valence electrons. The molecule has 0 fully saturated rings. The van der Waals surface area contributed by atoms with Gasteiger partial charge >= 0.3 is 0 Å². The second-order valence-electron chi connectivity index (χ2n) is 4.92. The summed E-state index contributed by atoms with van der Waals surface area (Å²) in [4.78, 5) is 8.61. The molecule has 0 amide bonds. The Morgan fingerprint density at radius 3 is 2.47 bits per heavy atom. The van der Waals surface area contributed by atoms with Crippen LogP contribution in [0.1, 0.15) is 23.9 Å². The Bertz CT molecular complexity index is 571. The second-order valence-corrected chi connectivity index (χ2v) is 4.92. The Morgan fingerprint density at radius 2 is 1.84 bits per heavy atom. The molecule has 4 nitrogen and oxygen atoms in total. The van der Waals surface area contributed by atoms with Crippen molar-refractivity contribution in [1.82, 2.24) is 9.97 Å². The molecule has 1 unspecified atom stereocenters.